The molecule has 0 bridgehead atoms. The molecule has 2 rings (SSSR count). The van der Waals surface area contributed by atoms with Crippen molar-refractivity contribution in [2.24, 2.45) is 10.6 Å². The minimum atomic E-state index is -0.380. The Bertz CT molecular complexity index is 503. The number of hydrogen-bond donors (Lipinski definition) is 1. The fourth-order valence-corrected chi connectivity index (χ4v) is 2.31. The molecule has 17 heavy (non-hydrogen) atoms. The Morgan fingerprint density at radius 1 is 1.47 bits per heavy atom. The van der Waals surface area contributed by atoms with Gasteiger partial charge in [0, 0.05) is 11.0 Å². The van der Waals surface area contributed by atoms with Gasteiger partial charge < -0.3 is 9.94 Å². The number of carbonyl (C=O) groups is 1. The monoisotopic (exact) mass is 233 g/mol. The second kappa shape index (κ2) is 3.87. The second-order valence-corrected chi connectivity index (χ2v) is 4.87. The topological polar surface area (TPSA) is 58.9 Å². The maximum absolute atomic E-state index is 11.4. The van der Waals surface area contributed by atoms with Gasteiger partial charge >= 0.3 is 5.97 Å². The summed E-state index contributed by atoms with van der Waals surface area (Å²) in [6.07, 6.45) is 0.809. The molecule has 4 heteroatoms. The predicted molar refractivity (Wildman–Crippen MR) is 63.6 cm³/mol. The van der Waals surface area contributed by atoms with Crippen LogP contribution in [0.25, 0.3) is 0 Å². The van der Waals surface area contributed by atoms with Gasteiger partial charge in [-0.2, -0.15) is 0 Å². The third-order valence-electron chi connectivity index (χ3n) is 3.16. The zero-order valence-electron chi connectivity index (χ0n) is 10.2. The molecule has 90 valence electrons. The van der Waals surface area contributed by atoms with Crippen LogP contribution in [0.4, 0.5) is 0 Å². The van der Waals surface area contributed by atoms with Gasteiger partial charge in [-0.25, -0.2) is 4.79 Å². The summed E-state index contributed by atoms with van der Waals surface area (Å²) in [7, 11) is 1.35. The van der Waals surface area contributed by atoms with Crippen LogP contribution in [0.1, 0.15) is 35.3 Å². The molecule has 0 atom stereocenters. The van der Waals surface area contributed by atoms with Crippen molar-refractivity contribution in [3.63, 3.8) is 0 Å². The van der Waals surface area contributed by atoms with Crippen LogP contribution < -0.4 is 0 Å². The van der Waals surface area contributed by atoms with Crippen LogP contribution in [0.5, 0.6) is 0 Å². The van der Waals surface area contributed by atoms with Crippen LogP contribution in [0.15, 0.2) is 23.4 Å². The Kier molecular flexibility index (Phi) is 2.65. The molecular formula is C13H15NO3. The van der Waals surface area contributed by atoms with Gasteiger partial charge in [0.25, 0.3) is 0 Å². The Labute approximate surface area is 99.9 Å². The first kappa shape index (κ1) is 11.6. The van der Waals surface area contributed by atoms with E-state index < -0.39 is 0 Å². The van der Waals surface area contributed by atoms with Crippen LogP contribution in [-0.4, -0.2) is 24.0 Å². The van der Waals surface area contributed by atoms with Crippen molar-refractivity contribution in [3.8, 4) is 0 Å². The Morgan fingerprint density at radius 2 is 2.18 bits per heavy atom. The molecule has 0 fully saturated rings. The molecule has 0 aliphatic heterocycles. The number of ether oxygens (including phenoxy) is 1. The van der Waals surface area contributed by atoms with E-state index in [0.717, 1.165) is 17.5 Å². The first-order valence-corrected chi connectivity index (χ1v) is 5.44. The number of nitrogens with zero attached hydrogens (tertiary/aromatic N) is 1. The molecule has 1 N–H and O–H groups in total. The first-order chi connectivity index (χ1) is 7.99. The lowest BCUT2D eigenvalue weighted by molar-refractivity contribution is 0.0600. The average Bonchev–Trinajstić information content (AvgIpc) is 2.56. The second-order valence-electron chi connectivity index (χ2n) is 4.87. The third-order valence-corrected chi connectivity index (χ3v) is 3.16. The molecule has 1 aliphatic carbocycles. The zero-order valence-corrected chi connectivity index (χ0v) is 10.2. The van der Waals surface area contributed by atoms with Crippen LogP contribution in [0, 0.1) is 5.41 Å². The Morgan fingerprint density at radius 3 is 2.76 bits per heavy atom. The van der Waals surface area contributed by atoms with Gasteiger partial charge in [0.1, 0.15) is 0 Å². The van der Waals surface area contributed by atoms with Gasteiger partial charge in [-0.3, -0.25) is 0 Å². The van der Waals surface area contributed by atoms with Crippen LogP contribution in [-0.2, 0) is 11.2 Å². The number of fused-ring (bicyclic) bond motifs is 1. The quantitative estimate of drug-likeness (QED) is 0.459. The van der Waals surface area contributed by atoms with Gasteiger partial charge in [0.05, 0.1) is 18.4 Å². The van der Waals surface area contributed by atoms with E-state index in [-0.39, 0.29) is 11.4 Å². The molecule has 4 nitrogen and oxygen atoms in total. The summed E-state index contributed by atoms with van der Waals surface area (Å²) >= 11 is 0. The smallest absolute Gasteiger partial charge is 0.337 e. The summed E-state index contributed by atoms with van der Waals surface area (Å²) in [5.74, 6) is -0.380. The standard InChI is InChI=1S/C13H15NO3/c1-13(2)7-9-5-4-8(12(15)17-3)6-10(9)11(13)14-16/h4-6,16H,7H2,1-3H3/b14-11+. The summed E-state index contributed by atoms with van der Waals surface area (Å²) in [6.45, 7) is 4.03. The SMILES string of the molecule is COC(=O)c1ccc2c(c1)/C(=N\O)C(C)(C)C2. The van der Waals surface area contributed by atoms with Crippen molar-refractivity contribution in [2.45, 2.75) is 20.3 Å². The first-order valence-electron chi connectivity index (χ1n) is 5.44. The van der Waals surface area contributed by atoms with E-state index in [1.54, 1.807) is 12.1 Å². The molecule has 1 aromatic rings. The van der Waals surface area contributed by atoms with Crippen molar-refractivity contribution in [1.29, 1.82) is 0 Å². The van der Waals surface area contributed by atoms with E-state index >= 15 is 0 Å². The van der Waals surface area contributed by atoms with Crippen LogP contribution >= 0.6 is 0 Å². The molecule has 0 heterocycles. The normalized spacial score (nSPS) is 19.1. The molecule has 1 aliphatic rings. The number of hydrogen-bond acceptors (Lipinski definition) is 4. The molecule has 0 radical (unpaired) electrons. The number of methoxy groups -OCH3 is 1. The van der Waals surface area contributed by atoms with Gasteiger partial charge in [0.15, 0.2) is 0 Å². The highest BCUT2D eigenvalue weighted by atomic mass is 16.5. The van der Waals surface area contributed by atoms with Crippen molar-refractivity contribution in [2.75, 3.05) is 7.11 Å². The lowest BCUT2D eigenvalue weighted by Gasteiger charge is -2.16. The lowest BCUT2D eigenvalue weighted by Crippen LogP contribution is -2.20. The number of esters is 1. The van der Waals surface area contributed by atoms with E-state index in [2.05, 4.69) is 9.89 Å². The molecule has 0 spiro atoms. The van der Waals surface area contributed by atoms with E-state index in [4.69, 9.17) is 5.21 Å². The van der Waals surface area contributed by atoms with Gasteiger partial charge in [0.2, 0.25) is 0 Å². The average molecular weight is 233 g/mol. The van der Waals surface area contributed by atoms with Crippen molar-refractivity contribution >= 4 is 11.7 Å². The number of oxime groups is 1. The highest BCUT2D eigenvalue weighted by molar-refractivity contribution is 6.09. The Hall–Kier alpha value is -1.84. The van der Waals surface area contributed by atoms with Crippen molar-refractivity contribution in [3.05, 3.63) is 34.9 Å². The van der Waals surface area contributed by atoms with E-state index in [1.165, 1.54) is 7.11 Å². The van der Waals surface area contributed by atoms with Crippen LogP contribution in [0.3, 0.4) is 0 Å². The number of carbonyl (C=O) groups excluding carboxylic acids is 1. The van der Waals surface area contributed by atoms with Gasteiger partial charge in [-0.05, 0) is 24.1 Å². The van der Waals surface area contributed by atoms with Crippen molar-refractivity contribution < 1.29 is 14.7 Å². The molecule has 0 saturated carbocycles. The van der Waals surface area contributed by atoms with E-state index in [0.29, 0.717) is 11.3 Å². The number of rotatable bonds is 1. The van der Waals surface area contributed by atoms with Gasteiger partial charge in [-0.1, -0.05) is 25.1 Å². The third kappa shape index (κ3) is 1.79. The summed E-state index contributed by atoms with van der Waals surface area (Å²) in [4.78, 5) is 11.4. The molecule has 0 amide bonds. The van der Waals surface area contributed by atoms with Crippen LogP contribution in [0.2, 0.25) is 0 Å². The van der Waals surface area contributed by atoms with E-state index in [9.17, 15) is 4.79 Å². The summed E-state index contributed by atoms with van der Waals surface area (Å²) in [6, 6.07) is 5.35. The highest BCUT2D eigenvalue weighted by Crippen LogP contribution is 2.37. The molecule has 1 aromatic carbocycles. The van der Waals surface area contributed by atoms with Gasteiger partial charge in [-0.15, -0.1) is 0 Å². The maximum Gasteiger partial charge on any atom is 0.337 e. The summed E-state index contributed by atoms with van der Waals surface area (Å²) < 4.78 is 4.68. The molecule has 0 aromatic heterocycles. The molecule has 0 unspecified atom stereocenters. The minimum Gasteiger partial charge on any atom is -0.465 e. The summed E-state index contributed by atoms with van der Waals surface area (Å²) in [5, 5.41) is 12.5. The Balaban J connectivity index is 2.52. The summed E-state index contributed by atoms with van der Waals surface area (Å²) in [5.41, 5.74) is 2.82. The van der Waals surface area contributed by atoms with E-state index in [1.807, 2.05) is 19.9 Å². The molecular weight excluding hydrogens is 218 g/mol. The maximum atomic E-state index is 11.4. The largest absolute Gasteiger partial charge is 0.465 e. The van der Waals surface area contributed by atoms with Crippen molar-refractivity contribution in [1.82, 2.24) is 0 Å². The highest BCUT2D eigenvalue weighted by Gasteiger charge is 2.36. The lowest BCUT2D eigenvalue weighted by atomic mass is 9.88. The fraction of sp³-hybridized carbons (Fsp3) is 0.385. The molecule has 0 saturated heterocycles. The minimum absolute atomic E-state index is 0.203. The fourth-order valence-electron chi connectivity index (χ4n) is 2.31. The zero-order chi connectivity index (χ0) is 12.6. The number of benzene rings is 1. The predicted octanol–water partition coefficient (Wildman–Crippen LogP) is 2.23.